The molecule has 0 aliphatic rings. The molecule has 4 nitrogen and oxygen atoms in total. The number of carbonyl (C=O) groups is 2. The molecule has 2 amide bonds. The van der Waals surface area contributed by atoms with Crippen LogP contribution in [0.5, 0.6) is 0 Å². The van der Waals surface area contributed by atoms with Gasteiger partial charge in [0.25, 0.3) is 0 Å². The maximum absolute atomic E-state index is 10.8. The molecule has 0 bridgehead atoms. The van der Waals surface area contributed by atoms with Crippen molar-refractivity contribution in [2.75, 3.05) is 11.5 Å². The first kappa shape index (κ1) is 11.6. The van der Waals surface area contributed by atoms with E-state index in [4.69, 9.17) is 0 Å². The van der Waals surface area contributed by atoms with Crippen LogP contribution in [0, 0.1) is 0 Å². The van der Waals surface area contributed by atoms with Crippen LogP contribution in [0.1, 0.15) is 12.8 Å². The van der Waals surface area contributed by atoms with E-state index in [9.17, 15) is 9.59 Å². The highest BCUT2D eigenvalue weighted by Gasteiger charge is 2.01. The van der Waals surface area contributed by atoms with Crippen LogP contribution in [0.2, 0.25) is 0 Å². The number of hydrogen-bond acceptors (Lipinski definition) is 4. The lowest BCUT2D eigenvalue weighted by Crippen LogP contribution is -2.41. The zero-order valence-electron chi connectivity index (χ0n) is 6.54. The largest absolute Gasteiger partial charge is 0.273 e. The number of rotatable bonds is 4. The van der Waals surface area contributed by atoms with Gasteiger partial charge in [0.2, 0.25) is 11.8 Å². The molecule has 0 saturated heterocycles. The number of amides is 2. The average Bonchev–Trinajstić information content (AvgIpc) is 2.02. The van der Waals surface area contributed by atoms with E-state index in [-0.39, 0.29) is 11.8 Å². The summed E-state index contributed by atoms with van der Waals surface area (Å²) in [6.07, 6.45) is 0.592. The molecule has 0 aromatic carbocycles. The monoisotopic (exact) mass is 208 g/mol. The zero-order chi connectivity index (χ0) is 9.40. The van der Waals surface area contributed by atoms with Gasteiger partial charge in [-0.2, -0.15) is 25.3 Å². The van der Waals surface area contributed by atoms with Crippen LogP contribution in [-0.4, -0.2) is 23.3 Å². The average molecular weight is 208 g/mol. The van der Waals surface area contributed by atoms with E-state index in [1.807, 2.05) is 0 Å². The first-order valence-corrected chi connectivity index (χ1v) is 4.76. The van der Waals surface area contributed by atoms with Crippen molar-refractivity contribution in [2.45, 2.75) is 12.8 Å². The van der Waals surface area contributed by atoms with Gasteiger partial charge < -0.3 is 0 Å². The summed E-state index contributed by atoms with van der Waals surface area (Å²) >= 11 is 7.72. The highest BCUT2D eigenvalue weighted by molar-refractivity contribution is 7.80. The molecule has 6 heteroatoms. The maximum Gasteiger partial charge on any atom is 0.239 e. The molecule has 0 saturated carbocycles. The Morgan fingerprint density at radius 2 is 1.25 bits per heavy atom. The molecule has 0 fully saturated rings. The Morgan fingerprint density at radius 3 is 1.50 bits per heavy atom. The van der Waals surface area contributed by atoms with Gasteiger partial charge in [-0.3, -0.25) is 20.4 Å². The Kier molecular flexibility index (Phi) is 7.08. The fourth-order valence-electron chi connectivity index (χ4n) is 0.468. The first-order valence-electron chi connectivity index (χ1n) is 3.50. The molecule has 12 heavy (non-hydrogen) atoms. The third kappa shape index (κ3) is 6.36. The second kappa shape index (κ2) is 7.30. The molecule has 0 aliphatic carbocycles. The number of hydrogen-bond donors (Lipinski definition) is 4. The van der Waals surface area contributed by atoms with E-state index in [0.717, 1.165) is 0 Å². The number of hydrazine groups is 1. The fourth-order valence-corrected chi connectivity index (χ4v) is 0.874. The molecule has 0 rings (SSSR count). The molecule has 0 aromatic heterocycles. The van der Waals surface area contributed by atoms with Crippen LogP contribution in [-0.2, 0) is 9.59 Å². The van der Waals surface area contributed by atoms with Crippen molar-refractivity contribution in [3.63, 3.8) is 0 Å². The highest BCUT2D eigenvalue weighted by atomic mass is 32.1. The third-order valence-electron chi connectivity index (χ3n) is 1.02. The van der Waals surface area contributed by atoms with Gasteiger partial charge in [-0.15, -0.1) is 0 Å². The van der Waals surface area contributed by atoms with E-state index < -0.39 is 0 Å². The zero-order valence-corrected chi connectivity index (χ0v) is 8.33. The highest BCUT2D eigenvalue weighted by Crippen LogP contribution is 1.83. The van der Waals surface area contributed by atoms with Crippen LogP contribution in [0.4, 0.5) is 0 Å². The Bertz CT molecular complexity index is 146. The van der Waals surface area contributed by atoms with E-state index in [2.05, 4.69) is 36.1 Å². The molecule has 0 aromatic rings. The SMILES string of the molecule is O=C(CCS)NNC(=O)CCS. The normalized spacial score (nSPS) is 9.17. The van der Waals surface area contributed by atoms with Crippen LogP contribution in [0.25, 0.3) is 0 Å². The summed E-state index contributed by atoms with van der Waals surface area (Å²) in [6.45, 7) is 0. The van der Waals surface area contributed by atoms with Gasteiger partial charge in [-0.05, 0) is 11.5 Å². The van der Waals surface area contributed by atoms with E-state index in [1.165, 1.54) is 0 Å². The van der Waals surface area contributed by atoms with Crippen molar-refractivity contribution in [1.29, 1.82) is 0 Å². The van der Waals surface area contributed by atoms with Gasteiger partial charge >= 0.3 is 0 Å². The third-order valence-corrected chi connectivity index (χ3v) is 1.47. The van der Waals surface area contributed by atoms with Gasteiger partial charge in [-0.1, -0.05) is 0 Å². The van der Waals surface area contributed by atoms with E-state index in [1.54, 1.807) is 0 Å². The van der Waals surface area contributed by atoms with Gasteiger partial charge in [0.05, 0.1) is 0 Å². The summed E-state index contributed by atoms with van der Waals surface area (Å²) in [5.41, 5.74) is 4.49. The Morgan fingerprint density at radius 1 is 0.917 bits per heavy atom. The predicted molar refractivity (Wildman–Crippen MR) is 53.2 cm³/mol. The molecule has 0 aliphatic heterocycles. The quantitative estimate of drug-likeness (QED) is 0.381. The molecular formula is C6H12N2O2S2. The Labute approximate surface area is 82.3 Å². The molecule has 0 radical (unpaired) electrons. The van der Waals surface area contributed by atoms with Crippen molar-refractivity contribution in [2.24, 2.45) is 0 Å². The molecule has 70 valence electrons. The second-order valence-electron chi connectivity index (χ2n) is 2.04. The molecule has 0 atom stereocenters. The first-order chi connectivity index (χ1) is 5.70. The minimum atomic E-state index is -0.238. The Hall–Kier alpha value is -0.360. The minimum absolute atomic E-state index is 0.238. The molecule has 0 unspecified atom stereocenters. The van der Waals surface area contributed by atoms with Crippen molar-refractivity contribution < 1.29 is 9.59 Å². The topological polar surface area (TPSA) is 58.2 Å². The lowest BCUT2D eigenvalue weighted by atomic mass is 10.4. The summed E-state index contributed by atoms with van der Waals surface area (Å²) < 4.78 is 0. The van der Waals surface area contributed by atoms with Gasteiger partial charge in [0.15, 0.2) is 0 Å². The van der Waals surface area contributed by atoms with Crippen molar-refractivity contribution in [3.05, 3.63) is 0 Å². The van der Waals surface area contributed by atoms with Crippen LogP contribution in [0.3, 0.4) is 0 Å². The molecular weight excluding hydrogens is 196 g/mol. The summed E-state index contributed by atoms with van der Waals surface area (Å²) in [5, 5.41) is 0. The number of nitrogens with one attached hydrogen (secondary N) is 2. The summed E-state index contributed by atoms with van der Waals surface area (Å²) in [5.74, 6) is 0.456. The van der Waals surface area contributed by atoms with Crippen LogP contribution < -0.4 is 10.9 Å². The predicted octanol–water partition coefficient (Wildman–Crippen LogP) is -0.226. The van der Waals surface area contributed by atoms with Crippen LogP contribution in [0.15, 0.2) is 0 Å². The maximum atomic E-state index is 10.8. The molecule has 0 heterocycles. The van der Waals surface area contributed by atoms with Crippen molar-refractivity contribution in [3.8, 4) is 0 Å². The minimum Gasteiger partial charge on any atom is -0.273 e. The van der Waals surface area contributed by atoms with E-state index in [0.29, 0.717) is 24.3 Å². The lowest BCUT2D eigenvalue weighted by molar-refractivity contribution is -0.128. The molecule has 2 N–H and O–H groups in total. The summed E-state index contributed by atoms with van der Waals surface area (Å²) in [7, 11) is 0. The number of thiol groups is 2. The van der Waals surface area contributed by atoms with Crippen molar-refractivity contribution >= 4 is 37.1 Å². The van der Waals surface area contributed by atoms with Gasteiger partial charge in [0, 0.05) is 12.8 Å². The summed E-state index contributed by atoms with van der Waals surface area (Å²) in [4.78, 5) is 21.5. The fraction of sp³-hybridized carbons (Fsp3) is 0.667. The smallest absolute Gasteiger partial charge is 0.239 e. The standard InChI is InChI=1S/C6H12N2O2S2/c9-5(1-3-11)7-8-6(10)2-4-12/h11-12H,1-4H2,(H,7,9)(H,8,10). The van der Waals surface area contributed by atoms with Crippen molar-refractivity contribution in [1.82, 2.24) is 10.9 Å². The van der Waals surface area contributed by atoms with Crippen LogP contribution >= 0.6 is 25.3 Å². The molecule has 0 spiro atoms. The summed E-state index contributed by atoms with van der Waals surface area (Å²) in [6, 6.07) is 0. The Balaban J connectivity index is 3.40. The van der Waals surface area contributed by atoms with Gasteiger partial charge in [-0.25, -0.2) is 0 Å². The van der Waals surface area contributed by atoms with Gasteiger partial charge in [0.1, 0.15) is 0 Å². The second-order valence-corrected chi connectivity index (χ2v) is 2.94. The number of carbonyl (C=O) groups excluding carboxylic acids is 2. The lowest BCUT2D eigenvalue weighted by Gasteiger charge is -2.04. The van der Waals surface area contributed by atoms with E-state index >= 15 is 0 Å².